The van der Waals surface area contributed by atoms with Crippen LogP contribution in [0.25, 0.3) is 0 Å². The maximum atomic E-state index is 13.0. The first-order valence-electron chi connectivity index (χ1n) is 11.8. The van der Waals surface area contributed by atoms with Crippen LogP contribution in [0.4, 0.5) is 0 Å². The molecule has 5 atom stereocenters. The second kappa shape index (κ2) is 7.87. The van der Waals surface area contributed by atoms with Crippen LogP contribution in [0.15, 0.2) is 30.3 Å². The molecule has 2 aromatic carbocycles. The van der Waals surface area contributed by atoms with Gasteiger partial charge in [-0.3, -0.25) is 4.79 Å². The Morgan fingerprint density at radius 3 is 2.58 bits per heavy atom. The van der Waals surface area contributed by atoms with Gasteiger partial charge < -0.3 is 20.1 Å². The average molecular weight is 451 g/mol. The van der Waals surface area contributed by atoms with Crippen LogP contribution in [0.5, 0.6) is 17.2 Å². The number of hydrogen-bond acceptors (Lipinski definition) is 6. The van der Waals surface area contributed by atoms with Gasteiger partial charge in [-0.2, -0.15) is 0 Å². The Hall–Kier alpha value is -2.86. The van der Waals surface area contributed by atoms with Crippen LogP contribution in [0, 0.1) is 17.3 Å². The van der Waals surface area contributed by atoms with Gasteiger partial charge in [0.05, 0.1) is 11.7 Å². The lowest BCUT2D eigenvalue weighted by molar-refractivity contribution is -0.0229. The minimum atomic E-state index is -0.762. The Bertz CT molecular complexity index is 1140. The van der Waals surface area contributed by atoms with Gasteiger partial charge in [0.2, 0.25) is 0 Å². The topological polar surface area (TPSA) is 104 Å². The lowest BCUT2D eigenvalue weighted by atomic mass is 9.55. The van der Waals surface area contributed by atoms with Crippen molar-refractivity contribution < 1.29 is 29.6 Å². The number of benzene rings is 2. The SMILES string of the molecule is CC(=O)c1cccc(C(=O)Oc2cc(O)cc3c2[C@H]2CC[C@]4(C)[C@H](O)CC[C@H]4[C@@H]2CC3)c1O. The first-order chi connectivity index (χ1) is 15.7. The molecule has 0 amide bonds. The van der Waals surface area contributed by atoms with Gasteiger partial charge in [0.1, 0.15) is 22.8 Å². The smallest absolute Gasteiger partial charge is 0.347 e. The lowest BCUT2D eigenvalue weighted by Crippen LogP contribution is -2.44. The number of Topliss-reactive ketones (excluding diaryl/α,β-unsaturated/α-hetero) is 1. The summed E-state index contributed by atoms with van der Waals surface area (Å²) in [6, 6.07) is 7.66. The quantitative estimate of drug-likeness (QED) is 0.355. The maximum Gasteiger partial charge on any atom is 0.347 e. The fraction of sp³-hybridized carbons (Fsp3) is 0.481. The van der Waals surface area contributed by atoms with Gasteiger partial charge in [0.15, 0.2) is 5.78 Å². The van der Waals surface area contributed by atoms with Crippen molar-refractivity contribution in [1.82, 2.24) is 0 Å². The number of hydrogen-bond donors (Lipinski definition) is 3. The summed E-state index contributed by atoms with van der Waals surface area (Å²) in [6.45, 7) is 3.54. The van der Waals surface area contributed by atoms with Crippen LogP contribution in [-0.2, 0) is 6.42 Å². The molecule has 33 heavy (non-hydrogen) atoms. The molecule has 0 aromatic heterocycles. The highest BCUT2D eigenvalue weighted by molar-refractivity contribution is 6.02. The van der Waals surface area contributed by atoms with E-state index in [9.17, 15) is 24.9 Å². The molecule has 0 spiro atoms. The van der Waals surface area contributed by atoms with E-state index in [4.69, 9.17) is 4.74 Å². The summed E-state index contributed by atoms with van der Waals surface area (Å²) in [4.78, 5) is 24.8. The summed E-state index contributed by atoms with van der Waals surface area (Å²) in [7, 11) is 0. The Kier molecular flexibility index (Phi) is 5.24. The van der Waals surface area contributed by atoms with Gasteiger partial charge in [0.25, 0.3) is 0 Å². The summed E-state index contributed by atoms with van der Waals surface area (Å²) in [5, 5.41) is 31.4. The first kappa shape index (κ1) is 22.0. The molecule has 3 aliphatic rings. The first-order valence-corrected chi connectivity index (χ1v) is 11.8. The van der Waals surface area contributed by atoms with Gasteiger partial charge >= 0.3 is 5.97 Å². The van der Waals surface area contributed by atoms with E-state index >= 15 is 0 Å². The van der Waals surface area contributed by atoms with Crippen molar-refractivity contribution in [2.45, 2.75) is 64.4 Å². The minimum absolute atomic E-state index is 0.0358. The van der Waals surface area contributed by atoms with E-state index in [1.54, 1.807) is 6.07 Å². The summed E-state index contributed by atoms with van der Waals surface area (Å²) in [5.41, 5.74) is 1.87. The van der Waals surface area contributed by atoms with Crippen molar-refractivity contribution in [2.75, 3.05) is 0 Å². The molecular weight excluding hydrogens is 420 g/mol. The zero-order valence-corrected chi connectivity index (χ0v) is 19.0. The number of rotatable bonds is 3. The Balaban J connectivity index is 1.51. The fourth-order valence-corrected chi connectivity index (χ4v) is 6.87. The third-order valence-corrected chi connectivity index (χ3v) is 8.56. The fourth-order valence-electron chi connectivity index (χ4n) is 6.87. The summed E-state index contributed by atoms with van der Waals surface area (Å²) in [6.07, 6.45) is 5.15. The predicted molar refractivity (Wildman–Crippen MR) is 122 cm³/mol. The van der Waals surface area contributed by atoms with Crippen molar-refractivity contribution in [3.8, 4) is 17.2 Å². The number of aromatic hydroxyl groups is 2. The third kappa shape index (κ3) is 3.43. The highest BCUT2D eigenvalue weighted by Crippen LogP contribution is 2.62. The number of carbonyl (C=O) groups excluding carboxylic acids is 2. The normalized spacial score (nSPS) is 30.2. The van der Waals surface area contributed by atoms with Crippen molar-refractivity contribution in [2.24, 2.45) is 17.3 Å². The molecule has 0 unspecified atom stereocenters. The average Bonchev–Trinajstić information content (AvgIpc) is 3.07. The van der Waals surface area contributed by atoms with E-state index in [2.05, 4.69) is 6.92 Å². The molecule has 174 valence electrons. The molecular formula is C27H30O6. The van der Waals surface area contributed by atoms with E-state index in [0.29, 0.717) is 17.6 Å². The maximum absolute atomic E-state index is 13.0. The van der Waals surface area contributed by atoms with E-state index in [1.165, 1.54) is 31.2 Å². The molecule has 3 N–H and O–H groups in total. The molecule has 5 rings (SSSR count). The number of carbonyl (C=O) groups is 2. The molecule has 6 heteroatoms. The third-order valence-electron chi connectivity index (χ3n) is 8.56. The highest BCUT2D eigenvalue weighted by Gasteiger charge is 2.54. The van der Waals surface area contributed by atoms with E-state index < -0.39 is 11.7 Å². The van der Waals surface area contributed by atoms with E-state index in [-0.39, 0.29) is 40.1 Å². The summed E-state index contributed by atoms with van der Waals surface area (Å²) in [5.74, 6) is -0.134. The zero-order chi connectivity index (χ0) is 23.5. The second-order valence-corrected chi connectivity index (χ2v) is 10.2. The largest absolute Gasteiger partial charge is 0.508 e. The standard InChI is InChI=1S/C27H30O6/c1-14(28)17-4-3-5-20(25(17)31)26(32)33-22-13-16(29)12-15-6-7-18-19(24(15)22)10-11-27(2)21(18)8-9-23(27)30/h3-5,12-13,18-19,21,23,29-31H,6-11H2,1-2H3/t18-,19+,21+,23-,27+/m1/s1. The van der Waals surface area contributed by atoms with Crippen LogP contribution >= 0.6 is 0 Å². The number of aliphatic hydroxyl groups excluding tert-OH is 1. The van der Waals surface area contributed by atoms with Gasteiger partial charge in [-0.05, 0) is 92.4 Å². The molecule has 0 aliphatic heterocycles. The number of phenols is 2. The number of aliphatic hydroxyl groups is 1. The number of aryl methyl sites for hydroxylation is 1. The number of fused-ring (bicyclic) bond motifs is 5. The van der Waals surface area contributed by atoms with Crippen molar-refractivity contribution >= 4 is 11.8 Å². The molecule has 6 nitrogen and oxygen atoms in total. The zero-order valence-electron chi connectivity index (χ0n) is 19.0. The van der Waals surface area contributed by atoms with Gasteiger partial charge in [-0.15, -0.1) is 0 Å². The number of ketones is 1. The van der Waals surface area contributed by atoms with Gasteiger partial charge in [-0.25, -0.2) is 4.79 Å². The van der Waals surface area contributed by atoms with Crippen LogP contribution in [0.3, 0.4) is 0 Å². The molecule has 0 radical (unpaired) electrons. The van der Waals surface area contributed by atoms with Gasteiger partial charge in [0, 0.05) is 11.6 Å². The molecule has 2 fully saturated rings. The van der Waals surface area contributed by atoms with Gasteiger partial charge in [-0.1, -0.05) is 13.0 Å². The lowest BCUT2D eigenvalue weighted by Gasteiger charge is -2.50. The Morgan fingerprint density at radius 2 is 1.82 bits per heavy atom. The van der Waals surface area contributed by atoms with E-state index in [1.807, 2.05) is 0 Å². The van der Waals surface area contributed by atoms with Crippen LogP contribution in [0.2, 0.25) is 0 Å². The monoisotopic (exact) mass is 450 g/mol. The molecule has 2 aromatic rings. The molecule has 2 saturated carbocycles. The molecule has 0 bridgehead atoms. The van der Waals surface area contributed by atoms with Crippen molar-refractivity contribution in [3.63, 3.8) is 0 Å². The molecule has 0 heterocycles. The Labute approximate surface area is 193 Å². The minimum Gasteiger partial charge on any atom is -0.508 e. The van der Waals surface area contributed by atoms with Crippen molar-refractivity contribution in [3.05, 3.63) is 52.6 Å². The summed E-state index contributed by atoms with van der Waals surface area (Å²) < 4.78 is 5.78. The number of ether oxygens (including phenoxy) is 1. The number of phenolic OH excluding ortho intramolecular Hbond substituents is 2. The molecule has 0 saturated heterocycles. The number of esters is 1. The second-order valence-electron chi connectivity index (χ2n) is 10.2. The molecule has 3 aliphatic carbocycles. The van der Waals surface area contributed by atoms with E-state index in [0.717, 1.165) is 49.7 Å². The van der Waals surface area contributed by atoms with Crippen LogP contribution in [-0.4, -0.2) is 33.2 Å². The summed E-state index contributed by atoms with van der Waals surface area (Å²) >= 11 is 0. The van der Waals surface area contributed by atoms with Crippen LogP contribution in [0.1, 0.15) is 83.7 Å². The Morgan fingerprint density at radius 1 is 1.06 bits per heavy atom. The van der Waals surface area contributed by atoms with Crippen LogP contribution < -0.4 is 4.74 Å². The number of para-hydroxylation sites is 1. The highest BCUT2D eigenvalue weighted by atomic mass is 16.5. The predicted octanol–water partition coefficient (Wildman–Crippen LogP) is 4.74. The van der Waals surface area contributed by atoms with Crippen molar-refractivity contribution in [1.29, 1.82) is 0 Å².